The molecule has 3 heterocycles. The molecule has 0 saturated heterocycles. The standard InChI is InChI=1S/C26H22N4O3S/c1-16-22(29-34(32,33)19-6-4-3-5-7-19)13-18(14-27-16)17-8-9-21-20(12-17)24-23(15-28-21)30(2)25(31)26(24)10-11-26/h3-9,12-15,29H,10-11H2,1-2H3. The highest BCUT2D eigenvalue weighted by atomic mass is 32.2. The molecule has 1 aliphatic heterocycles. The summed E-state index contributed by atoms with van der Waals surface area (Å²) < 4.78 is 28.4. The largest absolute Gasteiger partial charge is 0.313 e. The van der Waals surface area contributed by atoms with Gasteiger partial charge in [0.05, 0.1) is 39.1 Å². The molecule has 2 aliphatic rings. The highest BCUT2D eigenvalue weighted by Crippen LogP contribution is 2.58. The van der Waals surface area contributed by atoms with E-state index in [-0.39, 0.29) is 10.8 Å². The predicted octanol–water partition coefficient (Wildman–Crippen LogP) is 4.41. The Labute approximate surface area is 197 Å². The molecule has 0 radical (unpaired) electrons. The van der Waals surface area contributed by atoms with Gasteiger partial charge in [-0.2, -0.15) is 0 Å². The average Bonchev–Trinajstić information content (AvgIpc) is 3.62. The summed E-state index contributed by atoms with van der Waals surface area (Å²) in [6.07, 6.45) is 5.22. The molecule has 1 fully saturated rings. The molecule has 0 bridgehead atoms. The number of aromatic nitrogens is 2. The molecule has 0 atom stereocenters. The van der Waals surface area contributed by atoms with E-state index in [1.54, 1.807) is 67.7 Å². The minimum atomic E-state index is -3.74. The van der Waals surface area contributed by atoms with Crippen molar-refractivity contribution in [1.82, 2.24) is 9.97 Å². The smallest absolute Gasteiger partial charge is 0.261 e. The van der Waals surface area contributed by atoms with Crippen molar-refractivity contribution in [2.24, 2.45) is 0 Å². The first-order valence-electron chi connectivity index (χ1n) is 11.1. The summed E-state index contributed by atoms with van der Waals surface area (Å²) >= 11 is 0. The third kappa shape index (κ3) is 3.02. The van der Waals surface area contributed by atoms with Crippen molar-refractivity contribution in [2.45, 2.75) is 30.1 Å². The number of sulfonamides is 1. The van der Waals surface area contributed by atoms with Crippen molar-refractivity contribution >= 4 is 38.2 Å². The van der Waals surface area contributed by atoms with Crippen LogP contribution in [0.5, 0.6) is 0 Å². The van der Waals surface area contributed by atoms with Crippen molar-refractivity contribution in [3.05, 3.63) is 78.2 Å². The van der Waals surface area contributed by atoms with E-state index in [0.29, 0.717) is 11.4 Å². The zero-order chi connectivity index (χ0) is 23.7. The molecular weight excluding hydrogens is 448 g/mol. The van der Waals surface area contributed by atoms with Gasteiger partial charge in [0.25, 0.3) is 10.0 Å². The fraction of sp³-hybridized carbons (Fsp3) is 0.192. The number of fused-ring (bicyclic) bond motifs is 4. The van der Waals surface area contributed by atoms with E-state index in [4.69, 9.17) is 0 Å². The molecule has 1 N–H and O–H groups in total. The number of carbonyl (C=O) groups excluding carboxylic acids is 1. The average molecular weight is 471 g/mol. The Hall–Kier alpha value is -3.78. The van der Waals surface area contributed by atoms with Crippen molar-refractivity contribution in [2.75, 3.05) is 16.7 Å². The maximum Gasteiger partial charge on any atom is 0.261 e. The van der Waals surface area contributed by atoms with Crippen LogP contribution in [0.25, 0.3) is 22.0 Å². The number of amides is 1. The van der Waals surface area contributed by atoms with E-state index in [0.717, 1.165) is 46.1 Å². The molecular formula is C26H22N4O3S. The molecule has 170 valence electrons. The second kappa shape index (κ2) is 7.11. The van der Waals surface area contributed by atoms with Crippen LogP contribution in [-0.4, -0.2) is 31.3 Å². The van der Waals surface area contributed by atoms with E-state index in [1.165, 1.54) is 0 Å². The quantitative estimate of drug-likeness (QED) is 0.477. The summed E-state index contributed by atoms with van der Waals surface area (Å²) in [5.74, 6) is 0.136. The number of pyridine rings is 2. The lowest BCUT2D eigenvalue weighted by atomic mass is 9.92. The van der Waals surface area contributed by atoms with Gasteiger partial charge in [0, 0.05) is 29.8 Å². The molecule has 2 aromatic carbocycles. The summed E-state index contributed by atoms with van der Waals surface area (Å²) in [6, 6.07) is 16.0. The van der Waals surface area contributed by atoms with Crippen LogP contribution in [-0.2, 0) is 20.2 Å². The molecule has 7 nitrogen and oxygen atoms in total. The van der Waals surface area contributed by atoms with Crippen molar-refractivity contribution in [3.63, 3.8) is 0 Å². The number of rotatable bonds is 4. The SMILES string of the molecule is Cc1ncc(-c2ccc3ncc4c(c3c2)C2(CC2)C(=O)N4C)cc1NS(=O)(=O)c1ccccc1. The number of hydrogen-bond donors (Lipinski definition) is 1. The van der Waals surface area contributed by atoms with Gasteiger partial charge in [-0.1, -0.05) is 24.3 Å². The van der Waals surface area contributed by atoms with Gasteiger partial charge >= 0.3 is 0 Å². The zero-order valence-corrected chi connectivity index (χ0v) is 19.6. The van der Waals surface area contributed by atoms with Crippen molar-refractivity contribution in [3.8, 4) is 11.1 Å². The maximum atomic E-state index is 12.9. The lowest BCUT2D eigenvalue weighted by Crippen LogP contribution is -2.28. The Morgan fingerprint density at radius 1 is 0.971 bits per heavy atom. The van der Waals surface area contributed by atoms with Crippen LogP contribution in [0.2, 0.25) is 0 Å². The Morgan fingerprint density at radius 3 is 2.47 bits per heavy atom. The van der Waals surface area contributed by atoms with E-state index < -0.39 is 15.4 Å². The number of benzene rings is 2. The van der Waals surface area contributed by atoms with Gasteiger partial charge in [0.1, 0.15) is 0 Å². The fourth-order valence-corrected chi connectivity index (χ4v) is 5.97. The van der Waals surface area contributed by atoms with Gasteiger partial charge in [-0.05, 0) is 55.7 Å². The molecule has 4 aromatic rings. The van der Waals surface area contributed by atoms with Crippen molar-refractivity contribution in [1.29, 1.82) is 0 Å². The Morgan fingerprint density at radius 2 is 1.74 bits per heavy atom. The summed E-state index contributed by atoms with van der Waals surface area (Å²) in [6.45, 7) is 1.77. The first kappa shape index (κ1) is 20.8. The van der Waals surface area contributed by atoms with Crippen LogP contribution in [0, 0.1) is 6.92 Å². The first-order chi connectivity index (χ1) is 16.3. The number of nitrogens with zero attached hydrogens (tertiary/aromatic N) is 3. The topological polar surface area (TPSA) is 92.3 Å². The highest BCUT2D eigenvalue weighted by Gasteiger charge is 2.59. The normalized spacial score (nSPS) is 16.2. The van der Waals surface area contributed by atoms with Crippen LogP contribution in [0.15, 0.2) is 71.9 Å². The van der Waals surface area contributed by atoms with Crippen LogP contribution in [0.4, 0.5) is 11.4 Å². The summed E-state index contributed by atoms with van der Waals surface area (Å²) in [7, 11) is -1.93. The first-order valence-corrected chi connectivity index (χ1v) is 12.5. The van der Waals surface area contributed by atoms with Crippen LogP contribution < -0.4 is 9.62 Å². The molecule has 34 heavy (non-hydrogen) atoms. The van der Waals surface area contributed by atoms with Gasteiger partial charge in [0.2, 0.25) is 5.91 Å². The molecule has 1 amide bonds. The molecule has 1 saturated carbocycles. The number of hydrogen-bond acceptors (Lipinski definition) is 5. The summed E-state index contributed by atoms with van der Waals surface area (Å²) in [5.41, 5.74) is 4.99. The maximum absolute atomic E-state index is 12.9. The minimum Gasteiger partial charge on any atom is -0.313 e. The highest BCUT2D eigenvalue weighted by molar-refractivity contribution is 7.92. The summed E-state index contributed by atoms with van der Waals surface area (Å²) in [5, 5.41) is 0.956. The lowest BCUT2D eigenvalue weighted by molar-refractivity contribution is -0.119. The van der Waals surface area contributed by atoms with Crippen LogP contribution >= 0.6 is 0 Å². The predicted molar refractivity (Wildman–Crippen MR) is 131 cm³/mol. The molecule has 1 aliphatic carbocycles. The molecule has 2 aromatic heterocycles. The third-order valence-corrected chi connectivity index (χ3v) is 8.25. The van der Waals surface area contributed by atoms with Gasteiger partial charge in [-0.15, -0.1) is 0 Å². The number of aryl methyl sites for hydroxylation is 1. The monoisotopic (exact) mass is 470 g/mol. The number of nitrogens with one attached hydrogen (secondary N) is 1. The summed E-state index contributed by atoms with van der Waals surface area (Å²) in [4.78, 5) is 23.8. The molecule has 1 spiro atoms. The second-order valence-electron chi connectivity index (χ2n) is 8.97. The van der Waals surface area contributed by atoms with Crippen LogP contribution in [0.3, 0.4) is 0 Å². The van der Waals surface area contributed by atoms with Crippen molar-refractivity contribution < 1.29 is 13.2 Å². The van der Waals surface area contributed by atoms with E-state index in [2.05, 4.69) is 14.7 Å². The van der Waals surface area contributed by atoms with E-state index in [1.807, 2.05) is 18.2 Å². The zero-order valence-electron chi connectivity index (χ0n) is 18.7. The Balaban J connectivity index is 1.44. The van der Waals surface area contributed by atoms with E-state index in [9.17, 15) is 13.2 Å². The molecule has 0 unspecified atom stereocenters. The van der Waals surface area contributed by atoms with Gasteiger partial charge in [-0.3, -0.25) is 19.5 Å². The lowest BCUT2D eigenvalue weighted by Gasteiger charge is -2.13. The Bertz CT molecular complexity index is 1600. The number of anilines is 2. The Kier molecular flexibility index (Phi) is 4.35. The number of likely N-dealkylation sites (N-methyl/N-ethyl adjacent to an activating group) is 1. The third-order valence-electron chi connectivity index (χ3n) is 6.87. The number of carbonyl (C=O) groups is 1. The van der Waals surface area contributed by atoms with Crippen LogP contribution in [0.1, 0.15) is 24.1 Å². The second-order valence-corrected chi connectivity index (χ2v) is 10.7. The molecule has 8 heteroatoms. The fourth-order valence-electron chi connectivity index (χ4n) is 4.84. The van der Waals surface area contributed by atoms with Gasteiger partial charge in [0.15, 0.2) is 0 Å². The van der Waals surface area contributed by atoms with Gasteiger partial charge < -0.3 is 4.90 Å². The van der Waals surface area contributed by atoms with E-state index >= 15 is 0 Å². The van der Waals surface area contributed by atoms with Gasteiger partial charge in [-0.25, -0.2) is 8.42 Å². The molecule has 6 rings (SSSR count). The minimum absolute atomic E-state index is 0.136.